The van der Waals surface area contributed by atoms with Gasteiger partial charge in [0.25, 0.3) is 0 Å². The maximum absolute atomic E-state index is 5.36. The van der Waals surface area contributed by atoms with Gasteiger partial charge in [-0.3, -0.25) is 0 Å². The number of aromatic nitrogens is 1. The van der Waals surface area contributed by atoms with Crippen LogP contribution in [0.2, 0.25) is 0 Å². The highest BCUT2D eigenvalue weighted by Crippen LogP contribution is 2.32. The van der Waals surface area contributed by atoms with Gasteiger partial charge in [0.2, 0.25) is 0 Å². The molecule has 0 saturated carbocycles. The van der Waals surface area contributed by atoms with Crippen LogP contribution in [0.3, 0.4) is 0 Å². The van der Waals surface area contributed by atoms with Crippen LogP contribution in [-0.4, -0.2) is 18.8 Å². The fourth-order valence-corrected chi connectivity index (χ4v) is 1.68. The van der Waals surface area contributed by atoms with Crippen molar-refractivity contribution in [2.24, 2.45) is 7.05 Å². The normalized spacial score (nSPS) is 10.2. The van der Waals surface area contributed by atoms with Gasteiger partial charge < -0.3 is 14.0 Å². The van der Waals surface area contributed by atoms with E-state index in [0.717, 1.165) is 22.8 Å². The molecule has 0 saturated heterocycles. The lowest BCUT2D eigenvalue weighted by molar-refractivity contribution is 0.395. The minimum atomic E-state index is 0.791. The Morgan fingerprint density at radius 3 is 2.56 bits per heavy atom. The second kappa shape index (κ2) is 4.31. The molecule has 1 radical (unpaired) electrons. The fourth-order valence-electron chi connectivity index (χ4n) is 1.68. The van der Waals surface area contributed by atoms with Gasteiger partial charge in [0.15, 0.2) is 0 Å². The molecule has 83 valence electrons. The van der Waals surface area contributed by atoms with Gasteiger partial charge in [0.05, 0.1) is 19.9 Å². The Bertz CT molecular complexity index is 488. The van der Waals surface area contributed by atoms with Crippen LogP contribution in [0, 0.1) is 6.07 Å². The molecule has 0 unspecified atom stereocenters. The van der Waals surface area contributed by atoms with E-state index in [2.05, 4.69) is 6.07 Å². The van der Waals surface area contributed by atoms with Crippen molar-refractivity contribution < 1.29 is 9.47 Å². The average Bonchev–Trinajstić information content (AvgIpc) is 2.74. The second-order valence-electron chi connectivity index (χ2n) is 3.50. The van der Waals surface area contributed by atoms with Crippen LogP contribution in [0.4, 0.5) is 0 Å². The van der Waals surface area contributed by atoms with Gasteiger partial charge in [-0.1, -0.05) is 0 Å². The van der Waals surface area contributed by atoms with Gasteiger partial charge in [0.1, 0.15) is 11.5 Å². The Morgan fingerprint density at radius 2 is 2.00 bits per heavy atom. The van der Waals surface area contributed by atoms with Crippen LogP contribution < -0.4 is 9.47 Å². The summed E-state index contributed by atoms with van der Waals surface area (Å²) in [5, 5.41) is 0. The van der Waals surface area contributed by atoms with Gasteiger partial charge in [-0.25, -0.2) is 0 Å². The smallest absolute Gasteiger partial charge is 0.131 e. The number of rotatable bonds is 3. The van der Waals surface area contributed by atoms with E-state index in [1.807, 2.05) is 42.1 Å². The first-order valence-corrected chi connectivity index (χ1v) is 5.01. The molecular formula is C13H14NO2. The molecule has 1 aromatic carbocycles. The van der Waals surface area contributed by atoms with E-state index in [4.69, 9.17) is 9.47 Å². The highest BCUT2D eigenvalue weighted by atomic mass is 16.5. The summed E-state index contributed by atoms with van der Waals surface area (Å²) in [5.41, 5.74) is 2.10. The molecule has 0 bridgehead atoms. The lowest BCUT2D eigenvalue weighted by atomic mass is 10.1. The zero-order valence-electron chi connectivity index (χ0n) is 9.65. The van der Waals surface area contributed by atoms with Crippen molar-refractivity contribution >= 4 is 0 Å². The summed E-state index contributed by atoms with van der Waals surface area (Å²) in [6.07, 6.45) is 1.89. The first kappa shape index (κ1) is 10.6. The predicted octanol–water partition coefficient (Wildman–Crippen LogP) is 2.51. The Kier molecular flexibility index (Phi) is 2.86. The molecule has 3 nitrogen and oxygen atoms in total. The van der Waals surface area contributed by atoms with Gasteiger partial charge >= 0.3 is 0 Å². The third kappa shape index (κ3) is 1.76. The average molecular weight is 216 g/mol. The van der Waals surface area contributed by atoms with E-state index < -0.39 is 0 Å². The summed E-state index contributed by atoms with van der Waals surface area (Å²) in [6.45, 7) is 0. The number of hydrogen-bond acceptors (Lipinski definition) is 2. The topological polar surface area (TPSA) is 23.4 Å². The van der Waals surface area contributed by atoms with Gasteiger partial charge in [0, 0.05) is 30.9 Å². The van der Waals surface area contributed by atoms with Crippen molar-refractivity contribution in [2.45, 2.75) is 0 Å². The minimum absolute atomic E-state index is 0.791. The molecule has 0 N–H and O–H groups in total. The molecule has 0 aliphatic heterocycles. The van der Waals surface area contributed by atoms with E-state index in [1.165, 1.54) is 0 Å². The lowest BCUT2D eigenvalue weighted by Crippen LogP contribution is -1.94. The predicted molar refractivity (Wildman–Crippen MR) is 62.8 cm³/mol. The first-order valence-electron chi connectivity index (χ1n) is 5.01. The molecule has 1 heterocycles. The molecule has 0 spiro atoms. The van der Waals surface area contributed by atoms with Gasteiger partial charge in [-0.15, -0.1) is 0 Å². The molecule has 0 aliphatic rings. The molecule has 0 aliphatic carbocycles. The Morgan fingerprint density at radius 1 is 1.19 bits per heavy atom. The summed E-state index contributed by atoms with van der Waals surface area (Å²) < 4.78 is 12.5. The standard InChI is InChI=1S/C13H14NO2/c1-14-8-4-5-12(14)11-7-6-10(15-2)9-13(11)16-3/h5-9H,1-3H3. The summed E-state index contributed by atoms with van der Waals surface area (Å²) in [5.74, 6) is 1.59. The molecule has 3 heteroatoms. The van der Waals surface area contributed by atoms with E-state index in [1.54, 1.807) is 14.2 Å². The Labute approximate surface area is 95.2 Å². The highest BCUT2D eigenvalue weighted by molar-refractivity contribution is 5.69. The molecule has 16 heavy (non-hydrogen) atoms. The second-order valence-corrected chi connectivity index (χ2v) is 3.50. The molecule has 2 aromatic rings. The van der Waals surface area contributed by atoms with Crippen LogP contribution in [-0.2, 0) is 7.05 Å². The van der Waals surface area contributed by atoms with Gasteiger partial charge in [-0.05, 0) is 18.2 Å². The number of aryl methyl sites for hydroxylation is 1. The molecule has 0 fully saturated rings. The van der Waals surface area contributed by atoms with Crippen molar-refractivity contribution in [1.82, 2.24) is 4.57 Å². The number of benzene rings is 1. The third-order valence-electron chi connectivity index (χ3n) is 2.55. The Balaban J connectivity index is 2.53. The van der Waals surface area contributed by atoms with Crippen LogP contribution in [0.1, 0.15) is 0 Å². The molecular weight excluding hydrogens is 202 g/mol. The van der Waals surface area contributed by atoms with Crippen LogP contribution in [0.15, 0.2) is 30.5 Å². The maximum Gasteiger partial charge on any atom is 0.131 e. The van der Waals surface area contributed by atoms with E-state index in [0.29, 0.717) is 0 Å². The van der Waals surface area contributed by atoms with Crippen molar-refractivity contribution in [3.8, 4) is 22.8 Å². The van der Waals surface area contributed by atoms with E-state index in [-0.39, 0.29) is 0 Å². The van der Waals surface area contributed by atoms with Crippen LogP contribution in [0.25, 0.3) is 11.3 Å². The zero-order chi connectivity index (χ0) is 11.5. The van der Waals surface area contributed by atoms with Crippen LogP contribution in [0.5, 0.6) is 11.5 Å². The molecule has 0 amide bonds. The highest BCUT2D eigenvalue weighted by Gasteiger charge is 2.09. The van der Waals surface area contributed by atoms with Crippen molar-refractivity contribution in [1.29, 1.82) is 0 Å². The summed E-state index contributed by atoms with van der Waals surface area (Å²) in [6, 6.07) is 10.8. The minimum Gasteiger partial charge on any atom is -0.497 e. The largest absolute Gasteiger partial charge is 0.497 e. The molecule has 2 rings (SSSR count). The summed E-state index contributed by atoms with van der Waals surface area (Å²) in [4.78, 5) is 0. The van der Waals surface area contributed by atoms with Crippen molar-refractivity contribution in [3.63, 3.8) is 0 Å². The summed E-state index contributed by atoms with van der Waals surface area (Å²) in [7, 11) is 5.28. The summed E-state index contributed by atoms with van der Waals surface area (Å²) >= 11 is 0. The number of hydrogen-bond donors (Lipinski definition) is 0. The zero-order valence-corrected chi connectivity index (χ0v) is 9.65. The fraction of sp³-hybridized carbons (Fsp3) is 0.231. The van der Waals surface area contributed by atoms with Crippen LogP contribution >= 0.6 is 0 Å². The maximum atomic E-state index is 5.36. The molecule has 1 aromatic heterocycles. The number of methoxy groups -OCH3 is 2. The lowest BCUT2D eigenvalue weighted by Gasteiger charge is -2.11. The first-order chi connectivity index (χ1) is 7.76. The van der Waals surface area contributed by atoms with E-state index >= 15 is 0 Å². The quantitative estimate of drug-likeness (QED) is 0.787. The molecule has 0 atom stereocenters. The van der Waals surface area contributed by atoms with Gasteiger partial charge in [-0.2, -0.15) is 0 Å². The van der Waals surface area contributed by atoms with E-state index in [9.17, 15) is 0 Å². The van der Waals surface area contributed by atoms with Crippen molar-refractivity contribution in [3.05, 3.63) is 36.5 Å². The monoisotopic (exact) mass is 216 g/mol. The third-order valence-corrected chi connectivity index (χ3v) is 2.55. The number of nitrogens with zero attached hydrogens (tertiary/aromatic N) is 1. The number of ether oxygens (including phenoxy) is 2. The van der Waals surface area contributed by atoms with Crippen molar-refractivity contribution in [2.75, 3.05) is 14.2 Å². The Hall–Kier alpha value is -1.90. The SMILES string of the molecule is COc1ccc(-c2c[c]cn2C)c(OC)c1.